The van der Waals surface area contributed by atoms with Crippen molar-refractivity contribution in [2.24, 2.45) is 0 Å². The molecule has 1 saturated heterocycles. The Labute approximate surface area is 220 Å². The Balaban J connectivity index is 1.69. The van der Waals surface area contributed by atoms with E-state index in [9.17, 15) is 14.4 Å². The van der Waals surface area contributed by atoms with Crippen LogP contribution < -0.4 is 10.0 Å². The third kappa shape index (κ3) is 8.10. The largest absolute Gasteiger partial charge is 0.378 e. The summed E-state index contributed by atoms with van der Waals surface area (Å²) in [4.78, 5) is 16.0. The van der Waals surface area contributed by atoms with Crippen molar-refractivity contribution in [3.8, 4) is 6.07 Å². The predicted octanol–water partition coefficient (Wildman–Crippen LogP) is 5.44. The van der Waals surface area contributed by atoms with Gasteiger partial charge in [0.05, 0.1) is 11.3 Å². The Morgan fingerprint density at radius 2 is 1.97 bits per heavy atom. The van der Waals surface area contributed by atoms with Gasteiger partial charge in [0.25, 0.3) is 5.91 Å². The monoisotopic (exact) mass is 534 g/mol. The van der Waals surface area contributed by atoms with Crippen molar-refractivity contribution in [3.63, 3.8) is 0 Å². The van der Waals surface area contributed by atoms with Crippen molar-refractivity contribution in [3.05, 3.63) is 53.6 Å². The van der Waals surface area contributed by atoms with Crippen LogP contribution in [0.3, 0.4) is 0 Å². The van der Waals surface area contributed by atoms with Crippen molar-refractivity contribution in [1.82, 2.24) is 9.62 Å². The smallest absolute Gasteiger partial charge is 0.262 e. The highest BCUT2D eigenvalue weighted by Gasteiger charge is 2.36. The van der Waals surface area contributed by atoms with Crippen molar-refractivity contribution in [2.75, 3.05) is 38.3 Å². The van der Waals surface area contributed by atoms with E-state index in [2.05, 4.69) is 16.1 Å². The van der Waals surface area contributed by atoms with Gasteiger partial charge in [-0.2, -0.15) is 5.26 Å². The van der Waals surface area contributed by atoms with E-state index in [1.165, 1.54) is 30.0 Å². The summed E-state index contributed by atoms with van der Waals surface area (Å²) in [5.74, 6) is -0.520. The Bertz CT molecular complexity index is 1070. The van der Waals surface area contributed by atoms with Gasteiger partial charge in [0, 0.05) is 28.2 Å². The quantitative estimate of drug-likeness (QED) is 0.294. The van der Waals surface area contributed by atoms with Gasteiger partial charge in [0.1, 0.15) is 23.3 Å². The summed E-state index contributed by atoms with van der Waals surface area (Å²) in [5.41, 5.74) is -0.599. The van der Waals surface area contributed by atoms with E-state index in [0.29, 0.717) is 23.7 Å². The van der Waals surface area contributed by atoms with Crippen LogP contribution in [0.2, 0.25) is 0 Å². The summed E-state index contributed by atoms with van der Waals surface area (Å²) >= 11 is 2.51. The van der Waals surface area contributed by atoms with Crippen molar-refractivity contribution < 1.29 is 18.3 Å². The number of anilines is 1. The molecule has 1 unspecified atom stereocenters. The number of amides is 1. The lowest BCUT2D eigenvalue weighted by atomic mass is 9.95. The average Bonchev–Trinajstić information content (AvgIpc) is 2.86. The van der Waals surface area contributed by atoms with Gasteiger partial charge in [-0.3, -0.25) is 9.52 Å². The van der Waals surface area contributed by atoms with Gasteiger partial charge in [-0.15, -0.1) is 11.8 Å². The molecule has 1 aliphatic rings. The lowest BCUT2D eigenvalue weighted by molar-refractivity contribution is -0.148. The lowest BCUT2D eigenvalue weighted by Gasteiger charge is -2.32. The van der Waals surface area contributed by atoms with E-state index in [1.807, 2.05) is 19.0 Å². The van der Waals surface area contributed by atoms with Gasteiger partial charge in [0.2, 0.25) is 0 Å². The summed E-state index contributed by atoms with van der Waals surface area (Å²) in [5, 5.41) is 13.0. The second-order valence-electron chi connectivity index (χ2n) is 9.21. The molecule has 3 rings (SSSR count). The van der Waals surface area contributed by atoms with Gasteiger partial charge >= 0.3 is 0 Å². The van der Waals surface area contributed by atoms with Gasteiger partial charge in [-0.1, -0.05) is 0 Å². The molecule has 0 saturated carbocycles. The molecule has 1 heterocycles. The molecule has 36 heavy (non-hydrogen) atoms. The molecular formula is C26H32F2N4O2S2. The summed E-state index contributed by atoms with van der Waals surface area (Å²) < 4.78 is 36.8. The molecule has 0 radical (unpaired) electrons. The number of hydrogen-bond acceptors (Lipinski definition) is 7. The number of rotatable bonds is 11. The van der Waals surface area contributed by atoms with Gasteiger partial charge in [0.15, 0.2) is 0 Å². The molecular weight excluding hydrogens is 502 g/mol. The van der Waals surface area contributed by atoms with Crippen molar-refractivity contribution >= 4 is 35.3 Å². The minimum atomic E-state index is -0.898. The Morgan fingerprint density at radius 3 is 2.61 bits per heavy atom. The number of nitriles is 1. The molecule has 6 nitrogen and oxygen atoms in total. The number of halogens is 2. The van der Waals surface area contributed by atoms with Crippen LogP contribution in [0.5, 0.6) is 0 Å². The van der Waals surface area contributed by atoms with E-state index in [1.54, 1.807) is 25.1 Å². The highest BCUT2D eigenvalue weighted by molar-refractivity contribution is 7.99. The first-order valence-corrected chi connectivity index (χ1v) is 13.6. The van der Waals surface area contributed by atoms with Gasteiger partial charge < -0.3 is 15.0 Å². The fourth-order valence-corrected chi connectivity index (χ4v) is 5.48. The van der Waals surface area contributed by atoms with Crippen molar-refractivity contribution in [2.45, 2.75) is 54.0 Å². The maximum atomic E-state index is 15.2. The molecule has 0 aromatic heterocycles. The van der Waals surface area contributed by atoms with E-state index in [4.69, 9.17) is 4.74 Å². The Kier molecular flexibility index (Phi) is 10.4. The topological polar surface area (TPSA) is 77.4 Å². The summed E-state index contributed by atoms with van der Waals surface area (Å²) in [7, 11) is 3.93. The molecule has 1 aliphatic heterocycles. The highest BCUT2D eigenvalue weighted by atomic mass is 32.2. The minimum Gasteiger partial charge on any atom is -0.378 e. The van der Waals surface area contributed by atoms with Gasteiger partial charge in [-0.05, 0) is 102 Å². The number of nitrogens with zero attached hydrogens (tertiary/aromatic N) is 2. The molecule has 2 aromatic rings. The van der Waals surface area contributed by atoms with Crippen LogP contribution in [-0.4, -0.2) is 55.4 Å². The third-order valence-electron chi connectivity index (χ3n) is 5.93. The van der Waals surface area contributed by atoms with Crippen LogP contribution in [-0.2, 0) is 9.53 Å². The molecule has 2 N–H and O–H groups in total. The summed E-state index contributed by atoms with van der Waals surface area (Å²) in [6.07, 6.45) is 3.19. The van der Waals surface area contributed by atoms with E-state index in [0.717, 1.165) is 42.7 Å². The van der Waals surface area contributed by atoms with Gasteiger partial charge in [-0.25, -0.2) is 8.78 Å². The number of thioether (sulfide) groups is 1. The Hall–Kier alpha value is -2.32. The minimum absolute atomic E-state index is 0.134. The average molecular weight is 535 g/mol. The van der Waals surface area contributed by atoms with Crippen LogP contribution in [0.1, 0.15) is 38.2 Å². The number of hydrogen-bond donors (Lipinski definition) is 2. The molecule has 0 aliphatic carbocycles. The number of carbonyl (C=O) groups is 1. The molecule has 0 bridgehead atoms. The molecule has 1 amide bonds. The van der Waals surface area contributed by atoms with E-state index in [-0.39, 0.29) is 29.0 Å². The zero-order chi connectivity index (χ0) is 26.1. The standard InChI is InChI=1S/C26H32F2N4O2S2/c1-26(11-4-5-13-34-26)25(33)31-36-22-14-18(16-29)24(23(28)15-22)30-20(10-12-32(2)3)17-35-21-8-6-19(27)7-9-21/h6-9,14-15,20,30H,4-5,10-13,17H2,1-3H3,(H,31,33)/t20-,26?/m1/s1. The molecule has 0 spiro atoms. The molecule has 10 heteroatoms. The van der Waals surface area contributed by atoms with E-state index < -0.39 is 11.4 Å². The van der Waals surface area contributed by atoms with Crippen molar-refractivity contribution in [1.29, 1.82) is 5.26 Å². The van der Waals surface area contributed by atoms with Crippen LogP contribution in [0.25, 0.3) is 0 Å². The SMILES string of the molecule is CN(C)CC[C@H](CSc1ccc(F)cc1)Nc1c(F)cc(SNC(=O)C2(C)CCCCO2)cc1C#N. The maximum Gasteiger partial charge on any atom is 0.262 e. The molecule has 1 fully saturated rings. The first-order chi connectivity index (χ1) is 17.2. The highest BCUT2D eigenvalue weighted by Crippen LogP contribution is 2.30. The van der Waals surface area contributed by atoms with Crippen LogP contribution in [0, 0.1) is 23.0 Å². The van der Waals surface area contributed by atoms with E-state index >= 15 is 4.39 Å². The van der Waals surface area contributed by atoms with Crippen LogP contribution >= 0.6 is 23.7 Å². The number of nitrogens with one attached hydrogen (secondary N) is 2. The normalized spacial score (nSPS) is 18.5. The number of benzene rings is 2. The maximum absolute atomic E-state index is 15.2. The number of carbonyl (C=O) groups excluding carboxylic acids is 1. The fraction of sp³-hybridized carbons (Fsp3) is 0.462. The first-order valence-electron chi connectivity index (χ1n) is 11.8. The fourth-order valence-electron chi connectivity index (χ4n) is 3.74. The molecule has 2 aromatic carbocycles. The predicted molar refractivity (Wildman–Crippen MR) is 141 cm³/mol. The Morgan fingerprint density at radius 1 is 1.22 bits per heavy atom. The first kappa shape index (κ1) is 28.3. The van der Waals surface area contributed by atoms with Crippen LogP contribution in [0.4, 0.5) is 14.5 Å². The zero-order valence-electron chi connectivity index (χ0n) is 20.8. The number of ether oxygens (including phenoxy) is 1. The second kappa shape index (κ2) is 13.3. The summed E-state index contributed by atoms with van der Waals surface area (Å²) in [6.45, 7) is 3.07. The third-order valence-corrected chi connectivity index (χ3v) is 7.87. The zero-order valence-corrected chi connectivity index (χ0v) is 22.4. The second-order valence-corrected chi connectivity index (χ2v) is 11.2. The molecule has 194 valence electrons. The van der Waals surface area contributed by atoms with Crippen LogP contribution in [0.15, 0.2) is 46.2 Å². The summed E-state index contributed by atoms with van der Waals surface area (Å²) in [6, 6.07) is 11.1. The lowest BCUT2D eigenvalue weighted by Crippen LogP contribution is -2.46. The molecule has 2 atom stereocenters.